The molecular formula is C17H27ClN2O3. The summed E-state index contributed by atoms with van der Waals surface area (Å²) in [5, 5.41) is 2.99. The normalized spacial score (nSPS) is 16.5. The number of carbonyl (C=O) groups excluding carboxylic acids is 2. The van der Waals surface area contributed by atoms with Gasteiger partial charge >= 0.3 is 0 Å². The lowest BCUT2D eigenvalue weighted by Crippen LogP contribution is -2.52. The fourth-order valence-electron chi connectivity index (χ4n) is 3.28. The Bertz CT molecular complexity index is 595. The molecule has 23 heavy (non-hydrogen) atoms. The number of amides is 1. The largest absolute Gasteiger partial charge is 0.455 e. The van der Waals surface area contributed by atoms with E-state index in [-0.39, 0.29) is 29.9 Å². The van der Waals surface area contributed by atoms with Gasteiger partial charge in [-0.25, -0.2) is 0 Å². The van der Waals surface area contributed by atoms with Crippen molar-refractivity contribution in [3.8, 4) is 0 Å². The van der Waals surface area contributed by atoms with Gasteiger partial charge in [-0.2, -0.15) is 0 Å². The average Bonchev–Trinajstić information content (AvgIpc) is 2.76. The van der Waals surface area contributed by atoms with Crippen molar-refractivity contribution in [1.29, 1.82) is 0 Å². The lowest BCUT2D eigenvalue weighted by molar-refractivity contribution is 0.0865. The molecule has 0 saturated heterocycles. The Balaban J connectivity index is 0.00000264. The molecule has 1 aliphatic rings. The zero-order chi connectivity index (χ0) is 16.5. The molecule has 0 fully saturated rings. The summed E-state index contributed by atoms with van der Waals surface area (Å²) in [5.74, 6) is 1.11. The molecule has 0 spiro atoms. The van der Waals surface area contributed by atoms with E-state index in [2.05, 4.69) is 19.2 Å². The molecule has 1 aliphatic carbocycles. The summed E-state index contributed by atoms with van der Waals surface area (Å²) < 4.78 is 5.69. The zero-order valence-corrected chi connectivity index (χ0v) is 15.1. The number of ketones is 1. The monoisotopic (exact) mass is 342 g/mol. The van der Waals surface area contributed by atoms with Gasteiger partial charge in [-0.05, 0) is 32.6 Å². The Morgan fingerprint density at radius 3 is 2.57 bits per heavy atom. The molecule has 130 valence electrons. The molecule has 1 heterocycles. The molecule has 6 heteroatoms. The Labute approximate surface area is 143 Å². The summed E-state index contributed by atoms with van der Waals surface area (Å²) in [7, 11) is 0. The second-order valence-corrected chi connectivity index (χ2v) is 6.95. The number of rotatable bonds is 5. The van der Waals surface area contributed by atoms with Crippen molar-refractivity contribution in [3.63, 3.8) is 0 Å². The molecule has 1 aromatic rings. The molecule has 0 saturated carbocycles. The summed E-state index contributed by atoms with van der Waals surface area (Å²) in [5.41, 5.74) is 6.62. The van der Waals surface area contributed by atoms with E-state index in [1.165, 1.54) is 0 Å². The number of aryl methyl sites for hydroxylation is 1. The first kappa shape index (κ1) is 19.7. The number of halogens is 1. The summed E-state index contributed by atoms with van der Waals surface area (Å²) in [6.45, 7) is 8.26. The standard InChI is InChI=1S/C17H26N2O3.ClH/c1-10(2)8-17(4,9-18)19-16(21)15-11(3)14-12(20)6-5-7-13(14)22-15;/h10H,5-9,18H2,1-4H3,(H,19,21);1H. The van der Waals surface area contributed by atoms with Crippen LogP contribution in [0.15, 0.2) is 4.42 Å². The average molecular weight is 343 g/mol. The number of fused-ring (bicyclic) bond motifs is 1. The lowest BCUT2D eigenvalue weighted by Gasteiger charge is -2.30. The van der Waals surface area contributed by atoms with Gasteiger partial charge in [-0.1, -0.05) is 13.8 Å². The van der Waals surface area contributed by atoms with Crippen molar-refractivity contribution in [2.75, 3.05) is 6.54 Å². The molecular weight excluding hydrogens is 316 g/mol. The molecule has 5 nitrogen and oxygen atoms in total. The van der Waals surface area contributed by atoms with Crippen LogP contribution in [0.2, 0.25) is 0 Å². The zero-order valence-electron chi connectivity index (χ0n) is 14.3. The predicted octanol–water partition coefficient (Wildman–Crippen LogP) is 3.02. The smallest absolute Gasteiger partial charge is 0.287 e. The van der Waals surface area contributed by atoms with Crippen LogP contribution in [0.1, 0.15) is 72.3 Å². The first-order valence-corrected chi connectivity index (χ1v) is 7.95. The Morgan fingerprint density at radius 1 is 1.39 bits per heavy atom. The maximum Gasteiger partial charge on any atom is 0.287 e. The SMILES string of the molecule is Cc1c(C(=O)NC(C)(CN)CC(C)C)oc2c1C(=O)CCC2.Cl. The number of nitrogens with one attached hydrogen (secondary N) is 1. The van der Waals surface area contributed by atoms with E-state index >= 15 is 0 Å². The minimum Gasteiger partial charge on any atom is -0.455 e. The van der Waals surface area contributed by atoms with Gasteiger partial charge in [0.1, 0.15) is 5.76 Å². The first-order valence-electron chi connectivity index (χ1n) is 7.95. The number of nitrogens with two attached hydrogens (primary N) is 1. The first-order chi connectivity index (χ1) is 10.3. The van der Waals surface area contributed by atoms with Crippen LogP contribution in [-0.2, 0) is 6.42 Å². The van der Waals surface area contributed by atoms with Crippen LogP contribution in [0.4, 0.5) is 0 Å². The maximum absolute atomic E-state index is 12.6. The van der Waals surface area contributed by atoms with E-state index in [1.807, 2.05) is 6.92 Å². The molecule has 0 aromatic carbocycles. The number of hydrogen-bond acceptors (Lipinski definition) is 4. The van der Waals surface area contributed by atoms with Crippen LogP contribution in [-0.4, -0.2) is 23.8 Å². The fourth-order valence-corrected chi connectivity index (χ4v) is 3.28. The van der Waals surface area contributed by atoms with Gasteiger partial charge < -0.3 is 15.5 Å². The number of hydrogen-bond donors (Lipinski definition) is 2. The van der Waals surface area contributed by atoms with Gasteiger partial charge in [-0.15, -0.1) is 12.4 Å². The number of furan rings is 1. The van der Waals surface area contributed by atoms with Crippen LogP contribution < -0.4 is 11.1 Å². The van der Waals surface area contributed by atoms with Crippen molar-refractivity contribution < 1.29 is 14.0 Å². The van der Waals surface area contributed by atoms with Crippen molar-refractivity contribution >= 4 is 24.1 Å². The minimum atomic E-state index is -0.477. The van der Waals surface area contributed by atoms with Gasteiger partial charge in [0.25, 0.3) is 5.91 Å². The van der Waals surface area contributed by atoms with Crippen molar-refractivity contribution in [3.05, 3.63) is 22.6 Å². The topological polar surface area (TPSA) is 85.3 Å². The van der Waals surface area contributed by atoms with Gasteiger partial charge in [0.15, 0.2) is 11.5 Å². The number of Topliss-reactive ketones (excluding diaryl/α,β-unsaturated/α-hetero) is 1. The van der Waals surface area contributed by atoms with Gasteiger partial charge in [0.05, 0.1) is 11.1 Å². The van der Waals surface area contributed by atoms with Crippen LogP contribution in [0.25, 0.3) is 0 Å². The van der Waals surface area contributed by atoms with Crippen LogP contribution in [0.5, 0.6) is 0 Å². The molecule has 0 bridgehead atoms. The minimum absolute atomic E-state index is 0. The molecule has 3 N–H and O–H groups in total. The van der Waals surface area contributed by atoms with Crippen molar-refractivity contribution in [2.45, 2.75) is 58.9 Å². The van der Waals surface area contributed by atoms with Gasteiger partial charge in [-0.3, -0.25) is 9.59 Å². The van der Waals surface area contributed by atoms with Crippen LogP contribution in [0.3, 0.4) is 0 Å². The third-order valence-electron chi connectivity index (χ3n) is 4.24. The molecule has 1 aromatic heterocycles. The lowest BCUT2D eigenvalue weighted by atomic mass is 9.90. The van der Waals surface area contributed by atoms with E-state index in [4.69, 9.17) is 10.2 Å². The van der Waals surface area contributed by atoms with Crippen molar-refractivity contribution in [2.24, 2.45) is 11.7 Å². The summed E-state index contributed by atoms with van der Waals surface area (Å²) in [6, 6.07) is 0. The van der Waals surface area contributed by atoms with Crippen molar-refractivity contribution in [1.82, 2.24) is 5.32 Å². The third-order valence-corrected chi connectivity index (χ3v) is 4.24. The van der Waals surface area contributed by atoms with Gasteiger partial charge in [0.2, 0.25) is 0 Å². The highest BCUT2D eigenvalue weighted by Crippen LogP contribution is 2.29. The summed E-state index contributed by atoms with van der Waals surface area (Å²) >= 11 is 0. The van der Waals surface area contributed by atoms with E-state index in [1.54, 1.807) is 6.92 Å². The van der Waals surface area contributed by atoms with E-state index in [0.717, 1.165) is 19.3 Å². The van der Waals surface area contributed by atoms with E-state index in [9.17, 15) is 9.59 Å². The predicted molar refractivity (Wildman–Crippen MR) is 92.3 cm³/mol. The summed E-state index contributed by atoms with van der Waals surface area (Å²) in [6.07, 6.45) is 2.82. The molecule has 2 rings (SSSR count). The molecule has 0 aliphatic heterocycles. The van der Waals surface area contributed by atoms with E-state index in [0.29, 0.717) is 35.8 Å². The maximum atomic E-state index is 12.6. The second kappa shape index (κ2) is 7.49. The quantitative estimate of drug-likeness (QED) is 0.861. The highest BCUT2D eigenvalue weighted by Gasteiger charge is 2.32. The highest BCUT2D eigenvalue weighted by molar-refractivity contribution is 6.03. The van der Waals surface area contributed by atoms with Crippen LogP contribution >= 0.6 is 12.4 Å². The van der Waals surface area contributed by atoms with E-state index < -0.39 is 5.54 Å². The second-order valence-electron chi connectivity index (χ2n) is 6.95. The van der Waals surface area contributed by atoms with Crippen LogP contribution in [0, 0.1) is 12.8 Å². The molecule has 0 radical (unpaired) electrons. The summed E-state index contributed by atoms with van der Waals surface area (Å²) in [4.78, 5) is 24.6. The third kappa shape index (κ3) is 4.15. The highest BCUT2D eigenvalue weighted by atomic mass is 35.5. The molecule has 1 amide bonds. The number of carbonyl (C=O) groups is 2. The van der Waals surface area contributed by atoms with Gasteiger partial charge in [0, 0.05) is 24.9 Å². The molecule has 1 atom stereocenters. The Kier molecular flexibility index (Phi) is 6.42. The Morgan fingerprint density at radius 2 is 2.04 bits per heavy atom. The molecule has 1 unspecified atom stereocenters. The Hall–Kier alpha value is -1.33. The fraction of sp³-hybridized carbons (Fsp3) is 0.647.